The Balaban J connectivity index is 1.98. The summed E-state index contributed by atoms with van der Waals surface area (Å²) in [7, 11) is 3.92. The molecule has 19 heavy (non-hydrogen) atoms. The highest BCUT2D eigenvalue weighted by Crippen LogP contribution is 2.21. The molecule has 0 aliphatic carbocycles. The minimum atomic E-state index is 0.813. The van der Waals surface area contributed by atoms with Crippen molar-refractivity contribution < 1.29 is 0 Å². The van der Waals surface area contributed by atoms with Crippen molar-refractivity contribution in [1.82, 2.24) is 19.7 Å². The molecule has 4 heteroatoms. The van der Waals surface area contributed by atoms with Crippen LogP contribution in [0.15, 0.2) is 42.7 Å². The Hall–Kier alpha value is -2.07. The lowest BCUT2D eigenvalue weighted by atomic mass is 10.1. The van der Waals surface area contributed by atoms with E-state index < -0.39 is 0 Å². The van der Waals surface area contributed by atoms with E-state index in [2.05, 4.69) is 51.5 Å². The van der Waals surface area contributed by atoms with Crippen molar-refractivity contribution >= 4 is 10.9 Å². The molecule has 0 amide bonds. The molecule has 3 aromatic rings. The van der Waals surface area contributed by atoms with Gasteiger partial charge in [0.15, 0.2) is 0 Å². The molecule has 0 spiro atoms. The summed E-state index contributed by atoms with van der Waals surface area (Å²) >= 11 is 0. The van der Waals surface area contributed by atoms with Gasteiger partial charge in [0.2, 0.25) is 0 Å². The maximum absolute atomic E-state index is 4.43. The number of hydrogen-bond donors (Lipinski definition) is 1. The third-order valence-electron chi connectivity index (χ3n) is 3.37. The lowest BCUT2D eigenvalue weighted by Gasteiger charge is -2.05. The highest BCUT2D eigenvalue weighted by molar-refractivity contribution is 5.83. The summed E-state index contributed by atoms with van der Waals surface area (Å²) in [4.78, 5) is 0. The van der Waals surface area contributed by atoms with Crippen LogP contribution in [-0.2, 0) is 20.1 Å². The average Bonchev–Trinajstić information content (AvgIpc) is 2.99. The number of nitrogens with one attached hydrogen (secondary N) is 1. The monoisotopic (exact) mass is 254 g/mol. The molecule has 0 aliphatic rings. The summed E-state index contributed by atoms with van der Waals surface area (Å²) in [6, 6.07) is 10.7. The van der Waals surface area contributed by atoms with Crippen LogP contribution in [0.3, 0.4) is 0 Å². The van der Waals surface area contributed by atoms with Gasteiger partial charge >= 0.3 is 0 Å². The Morgan fingerprint density at radius 2 is 2.05 bits per heavy atom. The van der Waals surface area contributed by atoms with Gasteiger partial charge in [0, 0.05) is 36.9 Å². The summed E-state index contributed by atoms with van der Waals surface area (Å²) in [5.74, 6) is 0. The standard InChI is InChI=1S/C15H18N4/c1-16-10-12-4-3-5-15-14(12)7-9-19(15)11-13-6-8-18(2)17-13/h3-9,16H,10-11H2,1-2H3. The Labute approximate surface area is 112 Å². The molecule has 0 aliphatic heterocycles. The fraction of sp³-hybridized carbons (Fsp3) is 0.267. The molecule has 2 aromatic heterocycles. The normalized spacial score (nSPS) is 11.3. The summed E-state index contributed by atoms with van der Waals surface area (Å²) in [6.07, 6.45) is 4.12. The lowest BCUT2D eigenvalue weighted by molar-refractivity contribution is 0.716. The van der Waals surface area contributed by atoms with Crippen LogP contribution < -0.4 is 5.32 Å². The van der Waals surface area contributed by atoms with E-state index in [0.29, 0.717) is 0 Å². The zero-order valence-corrected chi connectivity index (χ0v) is 11.3. The van der Waals surface area contributed by atoms with Crippen molar-refractivity contribution in [3.8, 4) is 0 Å². The molecule has 1 aromatic carbocycles. The number of benzene rings is 1. The number of hydrogen-bond acceptors (Lipinski definition) is 2. The van der Waals surface area contributed by atoms with E-state index >= 15 is 0 Å². The second-order valence-corrected chi connectivity index (χ2v) is 4.80. The molecule has 1 N–H and O–H groups in total. The molecule has 0 radical (unpaired) electrons. The van der Waals surface area contributed by atoms with Gasteiger partial charge in [0.05, 0.1) is 12.2 Å². The van der Waals surface area contributed by atoms with E-state index in [4.69, 9.17) is 0 Å². The van der Waals surface area contributed by atoms with Crippen LogP contribution in [0.2, 0.25) is 0 Å². The van der Waals surface area contributed by atoms with E-state index in [1.807, 2.05) is 25.0 Å². The summed E-state index contributed by atoms with van der Waals surface area (Å²) in [6.45, 7) is 1.71. The summed E-state index contributed by atoms with van der Waals surface area (Å²) in [5, 5.41) is 8.96. The van der Waals surface area contributed by atoms with Gasteiger partial charge in [0.25, 0.3) is 0 Å². The van der Waals surface area contributed by atoms with Gasteiger partial charge in [-0.15, -0.1) is 0 Å². The molecule has 0 unspecified atom stereocenters. The van der Waals surface area contributed by atoms with Crippen LogP contribution in [0.4, 0.5) is 0 Å². The first kappa shape index (κ1) is 12.0. The summed E-state index contributed by atoms with van der Waals surface area (Å²) < 4.78 is 4.09. The average molecular weight is 254 g/mol. The fourth-order valence-corrected chi connectivity index (χ4v) is 2.49. The predicted molar refractivity (Wildman–Crippen MR) is 77.0 cm³/mol. The molecule has 3 rings (SSSR count). The van der Waals surface area contributed by atoms with E-state index in [-0.39, 0.29) is 0 Å². The van der Waals surface area contributed by atoms with Gasteiger partial charge < -0.3 is 9.88 Å². The van der Waals surface area contributed by atoms with Crippen LogP contribution in [0.1, 0.15) is 11.3 Å². The highest BCUT2D eigenvalue weighted by atomic mass is 15.3. The largest absolute Gasteiger partial charge is 0.341 e. The van der Waals surface area contributed by atoms with Gasteiger partial charge in [-0.3, -0.25) is 4.68 Å². The number of aryl methyl sites for hydroxylation is 1. The van der Waals surface area contributed by atoms with Crippen LogP contribution in [0.5, 0.6) is 0 Å². The first-order valence-corrected chi connectivity index (χ1v) is 6.48. The molecule has 2 heterocycles. The SMILES string of the molecule is CNCc1cccc2c1ccn2Cc1ccn(C)n1. The summed E-state index contributed by atoms with van der Waals surface area (Å²) in [5.41, 5.74) is 3.68. The predicted octanol–water partition coefficient (Wildman–Crippen LogP) is 2.14. The molecule has 0 saturated heterocycles. The van der Waals surface area contributed by atoms with Crippen LogP contribution >= 0.6 is 0 Å². The number of rotatable bonds is 4. The molecule has 0 saturated carbocycles. The van der Waals surface area contributed by atoms with Crippen molar-refractivity contribution in [2.75, 3.05) is 7.05 Å². The van der Waals surface area contributed by atoms with Crippen LogP contribution in [0.25, 0.3) is 10.9 Å². The highest BCUT2D eigenvalue weighted by Gasteiger charge is 2.06. The second-order valence-electron chi connectivity index (χ2n) is 4.80. The van der Waals surface area contributed by atoms with Crippen molar-refractivity contribution in [1.29, 1.82) is 0 Å². The molecule has 0 fully saturated rings. The minimum absolute atomic E-state index is 0.813. The molecule has 98 valence electrons. The van der Waals surface area contributed by atoms with Crippen molar-refractivity contribution in [2.45, 2.75) is 13.1 Å². The number of aromatic nitrogens is 3. The van der Waals surface area contributed by atoms with Crippen LogP contribution in [-0.4, -0.2) is 21.4 Å². The van der Waals surface area contributed by atoms with Gasteiger partial charge in [0.1, 0.15) is 0 Å². The van der Waals surface area contributed by atoms with E-state index in [1.54, 1.807) is 0 Å². The van der Waals surface area contributed by atoms with E-state index in [9.17, 15) is 0 Å². The number of nitrogens with zero attached hydrogens (tertiary/aromatic N) is 3. The fourth-order valence-electron chi connectivity index (χ4n) is 2.49. The maximum atomic E-state index is 4.43. The first-order chi connectivity index (χ1) is 9.28. The molecular weight excluding hydrogens is 236 g/mol. The van der Waals surface area contributed by atoms with E-state index in [0.717, 1.165) is 18.8 Å². The third kappa shape index (κ3) is 2.27. The smallest absolute Gasteiger partial charge is 0.0821 e. The molecule has 0 bridgehead atoms. The Morgan fingerprint density at radius 3 is 2.79 bits per heavy atom. The third-order valence-corrected chi connectivity index (χ3v) is 3.37. The molecule has 0 atom stereocenters. The first-order valence-electron chi connectivity index (χ1n) is 6.48. The van der Waals surface area contributed by atoms with Crippen molar-refractivity contribution in [3.63, 3.8) is 0 Å². The topological polar surface area (TPSA) is 34.8 Å². The quantitative estimate of drug-likeness (QED) is 0.774. The van der Waals surface area contributed by atoms with Gasteiger partial charge in [-0.25, -0.2) is 0 Å². The zero-order chi connectivity index (χ0) is 13.2. The van der Waals surface area contributed by atoms with Gasteiger partial charge in [-0.1, -0.05) is 12.1 Å². The van der Waals surface area contributed by atoms with Gasteiger partial charge in [-0.05, 0) is 30.8 Å². The zero-order valence-electron chi connectivity index (χ0n) is 11.3. The number of fused-ring (bicyclic) bond motifs is 1. The van der Waals surface area contributed by atoms with Gasteiger partial charge in [-0.2, -0.15) is 5.10 Å². The Kier molecular flexibility index (Phi) is 3.09. The van der Waals surface area contributed by atoms with Crippen LogP contribution in [0, 0.1) is 0 Å². The lowest BCUT2D eigenvalue weighted by Crippen LogP contribution is -2.05. The maximum Gasteiger partial charge on any atom is 0.0821 e. The van der Waals surface area contributed by atoms with E-state index in [1.165, 1.54) is 16.5 Å². The Bertz CT molecular complexity index is 693. The molecular formula is C15H18N4. The minimum Gasteiger partial charge on any atom is -0.341 e. The molecule has 4 nitrogen and oxygen atoms in total. The van der Waals surface area contributed by atoms with Crippen molar-refractivity contribution in [3.05, 3.63) is 54.0 Å². The Morgan fingerprint density at radius 1 is 1.16 bits per heavy atom. The van der Waals surface area contributed by atoms with Crippen molar-refractivity contribution in [2.24, 2.45) is 7.05 Å². The second kappa shape index (κ2) is 4.90.